The van der Waals surface area contributed by atoms with Crippen LogP contribution in [-0.2, 0) is 16.8 Å². The van der Waals surface area contributed by atoms with Crippen molar-refractivity contribution in [1.82, 2.24) is 9.88 Å². The van der Waals surface area contributed by atoms with Crippen molar-refractivity contribution in [3.05, 3.63) is 64.8 Å². The van der Waals surface area contributed by atoms with E-state index in [1.165, 1.54) is 16.5 Å². The van der Waals surface area contributed by atoms with E-state index < -0.39 is 5.97 Å². The molecule has 3 aliphatic rings. The van der Waals surface area contributed by atoms with Crippen molar-refractivity contribution >= 4 is 16.9 Å². The van der Waals surface area contributed by atoms with Gasteiger partial charge in [0.15, 0.2) is 0 Å². The Morgan fingerprint density at radius 3 is 2.62 bits per heavy atom. The first-order chi connectivity index (χ1) is 15.4. The number of hydrogen-bond donors (Lipinski definition) is 2. The van der Waals surface area contributed by atoms with Crippen LogP contribution in [0.3, 0.4) is 0 Å². The van der Waals surface area contributed by atoms with Crippen LogP contribution in [0.25, 0.3) is 10.9 Å². The Labute approximate surface area is 188 Å². The maximum absolute atomic E-state index is 11.4. The first-order valence-corrected chi connectivity index (χ1v) is 11.3. The standard InChI is InChI=1S/C26H30N2O4/c1-4-32-25-10-12-28(14-21-20-9-11-27-23(20)17(2)13-22(21)31-3)26(15-25,16-25)19-7-5-18(6-8-19)24(29)30/h5-9,11,13,27H,4,10,12,14-16H2,1-3H3,(H,29,30). The lowest BCUT2D eigenvalue weighted by atomic mass is 9.56. The lowest BCUT2D eigenvalue weighted by Crippen LogP contribution is -2.69. The summed E-state index contributed by atoms with van der Waals surface area (Å²) in [5, 5.41) is 10.5. The minimum Gasteiger partial charge on any atom is -0.496 e. The van der Waals surface area contributed by atoms with E-state index >= 15 is 0 Å². The number of ether oxygens (including phenoxy) is 2. The van der Waals surface area contributed by atoms with Gasteiger partial charge in [-0.1, -0.05) is 12.1 Å². The monoisotopic (exact) mass is 434 g/mol. The minimum absolute atomic E-state index is 0.0719. The molecule has 1 aromatic heterocycles. The maximum Gasteiger partial charge on any atom is 0.335 e. The molecule has 3 heterocycles. The highest BCUT2D eigenvalue weighted by molar-refractivity contribution is 5.88. The first kappa shape index (κ1) is 21.0. The summed E-state index contributed by atoms with van der Waals surface area (Å²) in [7, 11) is 1.73. The van der Waals surface area contributed by atoms with Gasteiger partial charge in [-0.25, -0.2) is 4.79 Å². The summed E-state index contributed by atoms with van der Waals surface area (Å²) in [4.78, 5) is 17.3. The van der Waals surface area contributed by atoms with Crippen LogP contribution in [-0.4, -0.2) is 46.8 Å². The molecule has 6 nitrogen and oxygen atoms in total. The number of aromatic carboxylic acids is 1. The zero-order valence-corrected chi connectivity index (χ0v) is 18.9. The topological polar surface area (TPSA) is 74.8 Å². The molecule has 0 amide bonds. The van der Waals surface area contributed by atoms with Gasteiger partial charge in [-0.3, -0.25) is 4.90 Å². The number of nitrogens with one attached hydrogen (secondary N) is 1. The zero-order chi connectivity index (χ0) is 22.5. The fourth-order valence-corrected chi connectivity index (χ4v) is 5.96. The average molecular weight is 435 g/mol. The molecular weight excluding hydrogens is 404 g/mol. The number of methoxy groups -OCH3 is 1. The molecule has 1 saturated carbocycles. The number of aromatic amines is 1. The molecule has 1 aliphatic carbocycles. The van der Waals surface area contributed by atoms with Gasteiger partial charge in [-0.2, -0.15) is 0 Å². The molecule has 32 heavy (non-hydrogen) atoms. The number of carboxylic acids is 1. The summed E-state index contributed by atoms with van der Waals surface area (Å²) < 4.78 is 12.0. The molecule has 3 fully saturated rings. The second kappa shape index (κ2) is 7.64. The first-order valence-electron chi connectivity index (χ1n) is 11.3. The highest BCUT2D eigenvalue weighted by Gasteiger charge is 2.62. The number of carboxylic acid groups (broad SMARTS) is 1. The number of carbonyl (C=O) groups is 1. The van der Waals surface area contributed by atoms with Gasteiger partial charge in [0, 0.05) is 42.4 Å². The van der Waals surface area contributed by atoms with Gasteiger partial charge in [-0.15, -0.1) is 0 Å². The van der Waals surface area contributed by atoms with Crippen molar-refractivity contribution in [2.45, 2.75) is 50.8 Å². The second-order valence-corrected chi connectivity index (χ2v) is 9.20. The van der Waals surface area contributed by atoms with Gasteiger partial charge >= 0.3 is 5.97 Å². The summed E-state index contributed by atoms with van der Waals surface area (Å²) in [6, 6.07) is 11.6. The van der Waals surface area contributed by atoms with Crippen LogP contribution in [0, 0.1) is 6.92 Å². The number of piperidine rings is 2. The lowest BCUT2D eigenvalue weighted by molar-refractivity contribution is -0.227. The van der Waals surface area contributed by atoms with Gasteiger partial charge in [0.1, 0.15) is 5.75 Å². The number of aryl methyl sites for hydroxylation is 1. The Bertz CT molecular complexity index is 1160. The summed E-state index contributed by atoms with van der Waals surface area (Å²) in [6.07, 6.45) is 4.83. The number of rotatable bonds is 7. The van der Waals surface area contributed by atoms with E-state index in [4.69, 9.17) is 9.47 Å². The summed E-state index contributed by atoms with van der Waals surface area (Å²) >= 11 is 0. The summed E-state index contributed by atoms with van der Waals surface area (Å²) in [5.41, 5.74) is 4.75. The molecule has 0 unspecified atom stereocenters. The predicted molar refractivity (Wildman–Crippen MR) is 123 cm³/mol. The van der Waals surface area contributed by atoms with Crippen molar-refractivity contribution in [1.29, 1.82) is 0 Å². The Kier molecular flexibility index (Phi) is 5.02. The number of fused-ring (bicyclic) bond motifs is 3. The Hall–Kier alpha value is -2.83. The van der Waals surface area contributed by atoms with Crippen molar-refractivity contribution in [3.63, 3.8) is 0 Å². The highest BCUT2D eigenvalue weighted by Crippen LogP contribution is 2.60. The quantitative estimate of drug-likeness (QED) is 0.556. The number of aromatic nitrogens is 1. The average Bonchev–Trinajstić information content (AvgIpc) is 3.26. The van der Waals surface area contributed by atoms with Crippen LogP contribution >= 0.6 is 0 Å². The van der Waals surface area contributed by atoms with E-state index in [-0.39, 0.29) is 11.1 Å². The molecule has 3 aromatic rings. The zero-order valence-electron chi connectivity index (χ0n) is 18.9. The summed E-state index contributed by atoms with van der Waals surface area (Å²) in [6.45, 7) is 6.55. The SMILES string of the molecule is CCOC12CCN(Cc3c(OC)cc(C)c4[nH]ccc34)C(c3ccc(C(=O)O)cc3)(C1)C2. The smallest absolute Gasteiger partial charge is 0.335 e. The Balaban J connectivity index is 1.55. The number of hydrogen-bond acceptors (Lipinski definition) is 4. The van der Waals surface area contributed by atoms with Crippen LogP contribution in [0.1, 0.15) is 53.2 Å². The minimum atomic E-state index is -0.897. The third-order valence-electron chi connectivity index (χ3n) is 7.47. The maximum atomic E-state index is 11.4. The number of nitrogens with zero attached hydrogens (tertiary/aromatic N) is 1. The van der Waals surface area contributed by atoms with Crippen LogP contribution in [0.2, 0.25) is 0 Å². The van der Waals surface area contributed by atoms with E-state index in [1.54, 1.807) is 19.2 Å². The van der Waals surface area contributed by atoms with Gasteiger partial charge in [-0.05, 0) is 68.5 Å². The van der Waals surface area contributed by atoms with Gasteiger partial charge in [0.05, 0.1) is 23.8 Å². The molecule has 2 bridgehead atoms. The third kappa shape index (κ3) is 3.12. The number of H-pyrrole nitrogens is 1. The van der Waals surface area contributed by atoms with Crippen molar-refractivity contribution in [2.75, 3.05) is 20.3 Å². The molecule has 2 aliphatic heterocycles. The van der Waals surface area contributed by atoms with Gasteiger partial charge in [0.25, 0.3) is 0 Å². The van der Waals surface area contributed by atoms with Crippen molar-refractivity contribution in [3.8, 4) is 5.75 Å². The summed E-state index contributed by atoms with van der Waals surface area (Å²) in [5.74, 6) is 0.0120. The molecule has 2 N–H and O–H groups in total. The van der Waals surface area contributed by atoms with Crippen LogP contribution in [0.4, 0.5) is 0 Å². The van der Waals surface area contributed by atoms with E-state index in [1.807, 2.05) is 18.3 Å². The highest BCUT2D eigenvalue weighted by atomic mass is 16.5. The molecule has 168 valence electrons. The van der Waals surface area contributed by atoms with Crippen LogP contribution < -0.4 is 4.74 Å². The molecule has 0 atom stereocenters. The molecule has 0 spiro atoms. The number of benzene rings is 2. The molecule has 2 saturated heterocycles. The largest absolute Gasteiger partial charge is 0.496 e. The van der Waals surface area contributed by atoms with E-state index in [2.05, 4.69) is 35.9 Å². The molecule has 6 heteroatoms. The Morgan fingerprint density at radius 1 is 1.22 bits per heavy atom. The fraction of sp³-hybridized carbons (Fsp3) is 0.423. The van der Waals surface area contributed by atoms with E-state index in [0.29, 0.717) is 12.2 Å². The molecular formula is C26H30N2O4. The van der Waals surface area contributed by atoms with E-state index in [9.17, 15) is 9.90 Å². The van der Waals surface area contributed by atoms with Crippen LogP contribution in [0.15, 0.2) is 42.6 Å². The van der Waals surface area contributed by atoms with Crippen molar-refractivity contribution < 1.29 is 19.4 Å². The molecule has 6 rings (SSSR count). The van der Waals surface area contributed by atoms with Crippen molar-refractivity contribution in [2.24, 2.45) is 0 Å². The molecule has 2 aromatic carbocycles. The predicted octanol–water partition coefficient (Wildman–Crippen LogP) is 4.85. The van der Waals surface area contributed by atoms with E-state index in [0.717, 1.165) is 49.2 Å². The van der Waals surface area contributed by atoms with Crippen LogP contribution in [0.5, 0.6) is 5.75 Å². The van der Waals surface area contributed by atoms with Gasteiger partial charge in [0.2, 0.25) is 0 Å². The Morgan fingerprint density at radius 2 is 1.97 bits per heavy atom. The van der Waals surface area contributed by atoms with Gasteiger partial charge < -0.3 is 19.6 Å². The fourth-order valence-electron chi connectivity index (χ4n) is 5.96. The normalized spacial score (nSPS) is 25.0. The third-order valence-corrected chi connectivity index (χ3v) is 7.47. The lowest BCUT2D eigenvalue weighted by Gasteiger charge is -2.65. The molecule has 0 radical (unpaired) electrons. The second-order valence-electron chi connectivity index (χ2n) is 9.20.